The van der Waals surface area contributed by atoms with E-state index in [4.69, 9.17) is 4.42 Å². The first-order valence-electron chi connectivity index (χ1n) is 6.45. The molecule has 1 saturated heterocycles. The molecule has 1 N–H and O–H groups in total. The summed E-state index contributed by atoms with van der Waals surface area (Å²) in [6, 6.07) is 9.79. The lowest BCUT2D eigenvalue weighted by molar-refractivity contribution is 0.356. The van der Waals surface area contributed by atoms with E-state index in [-0.39, 0.29) is 23.5 Å². The molecule has 5 heteroatoms. The molecule has 1 aromatic heterocycles. The minimum Gasteiger partial charge on any atom is -0.459 e. The third-order valence-corrected chi connectivity index (χ3v) is 5.59. The normalized spacial score (nSPS) is 23.7. The molecule has 0 aliphatic carbocycles. The molecule has 1 aliphatic rings. The topological polar surface area (TPSA) is 59.3 Å². The minimum absolute atomic E-state index is 0.0373. The van der Waals surface area contributed by atoms with Gasteiger partial charge < -0.3 is 9.73 Å². The number of para-hydroxylation sites is 1. The van der Waals surface area contributed by atoms with E-state index in [0.29, 0.717) is 6.42 Å². The Morgan fingerprint density at radius 2 is 2.16 bits per heavy atom. The van der Waals surface area contributed by atoms with E-state index in [1.165, 1.54) is 0 Å². The summed E-state index contributed by atoms with van der Waals surface area (Å²) < 4.78 is 29.1. The fourth-order valence-corrected chi connectivity index (χ4v) is 4.69. The summed E-state index contributed by atoms with van der Waals surface area (Å²) in [6.45, 7) is 0. The fraction of sp³-hybridized carbons (Fsp3) is 0.429. The molecule has 3 rings (SSSR count). The lowest BCUT2D eigenvalue weighted by Gasteiger charge is -2.19. The van der Waals surface area contributed by atoms with Crippen LogP contribution in [0.1, 0.15) is 18.2 Å². The lowest BCUT2D eigenvalue weighted by Crippen LogP contribution is -2.25. The molecule has 0 saturated carbocycles. The highest BCUT2D eigenvalue weighted by Gasteiger charge is 2.35. The van der Waals surface area contributed by atoms with Crippen LogP contribution in [0.5, 0.6) is 0 Å². The summed E-state index contributed by atoms with van der Waals surface area (Å²) in [6.07, 6.45) is 0.699. The maximum absolute atomic E-state index is 11.6. The van der Waals surface area contributed by atoms with E-state index < -0.39 is 9.84 Å². The second kappa shape index (κ2) is 4.65. The number of hydrogen-bond acceptors (Lipinski definition) is 4. The van der Waals surface area contributed by atoms with Gasteiger partial charge in [0, 0.05) is 5.39 Å². The molecule has 19 heavy (non-hydrogen) atoms. The van der Waals surface area contributed by atoms with Gasteiger partial charge in [-0.05, 0) is 31.5 Å². The molecule has 1 fully saturated rings. The Morgan fingerprint density at radius 1 is 1.37 bits per heavy atom. The monoisotopic (exact) mass is 279 g/mol. The zero-order valence-electron chi connectivity index (χ0n) is 10.8. The van der Waals surface area contributed by atoms with Gasteiger partial charge in [-0.25, -0.2) is 8.42 Å². The van der Waals surface area contributed by atoms with Crippen molar-refractivity contribution in [3.63, 3.8) is 0 Å². The van der Waals surface area contributed by atoms with Crippen LogP contribution in [0.3, 0.4) is 0 Å². The average Bonchev–Trinajstić information content (AvgIpc) is 2.94. The van der Waals surface area contributed by atoms with Crippen molar-refractivity contribution in [2.45, 2.75) is 12.5 Å². The van der Waals surface area contributed by atoms with Crippen LogP contribution in [-0.4, -0.2) is 27.0 Å². The van der Waals surface area contributed by atoms with Crippen LogP contribution in [0.15, 0.2) is 34.7 Å². The molecule has 2 atom stereocenters. The zero-order valence-corrected chi connectivity index (χ0v) is 11.6. The van der Waals surface area contributed by atoms with Crippen LogP contribution in [0.25, 0.3) is 11.0 Å². The fourth-order valence-electron chi connectivity index (χ4n) is 2.85. The Morgan fingerprint density at radius 3 is 2.79 bits per heavy atom. The standard InChI is InChI=1S/C14H17NO3S/c1-15-14(11-6-7-19(16,17)9-11)13-8-10-4-2-3-5-12(10)18-13/h2-5,8,11,14-15H,6-7,9H2,1H3. The first-order chi connectivity index (χ1) is 9.09. The second-order valence-corrected chi connectivity index (χ2v) is 7.34. The molecule has 2 unspecified atom stereocenters. The third kappa shape index (κ3) is 2.40. The molecular formula is C14H17NO3S. The number of hydrogen-bond donors (Lipinski definition) is 1. The summed E-state index contributed by atoms with van der Waals surface area (Å²) in [5.41, 5.74) is 0.846. The highest BCUT2D eigenvalue weighted by atomic mass is 32.2. The average molecular weight is 279 g/mol. The van der Waals surface area contributed by atoms with Crippen molar-refractivity contribution in [3.8, 4) is 0 Å². The zero-order chi connectivity index (χ0) is 13.5. The van der Waals surface area contributed by atoms with Crippen molar-refractivity contribution in [2.24, 2.45) is 5.92 Å². The molecule has 0 bridgehead atoms. The molecule has 0 spiro atoms. The van der Waals surface area contributed by atoms with Gasteiger partial charge in [-0.2, -0.15) is 0 Å². The summed E-state index contributed by atoms with van der Waals surface area (Å²) in [4.78, 5) is 0. The molecule has 1 aromatic carbocycles. The Balaban J connectivity index is 1.94. The van der Waals surface area contributed by atoms with E-state index in [9.17, 15) is 8.42 Å². The van der Waals surface area contributed by atoms with Gasteiger partial charge in [0.25, 0.3) is 0 Å². The van der Waals surface area contributed by atoms with Gasteiger partial charge in [0.15, 0.2) is 9.84 Å². The van der Waals surface area contributed by atoms with Gasteiger partial charge in [-0.15, -0.1) is 0 Å². The maximum Gasteiger partial charge on any atom is 0.150 e. The summed E-state index contributed by atoms with van der Waals surface area (Å²) in [7, 11) is -1.02. The Labute approximate surface area is 112 Å². The lowest BCUT2D eigenvalue weighted by atomic mass is 9.97. The van der Waals surface area contributed by atoms with Crippen molar-refractivity contribution in [3.05, 3.63) is 36.1 Å². The largest absolute Gasteiger partial charge is 0.459 e. The molecule has 102 valence electrons. The van der Waals surface area contributed by atoms with Crippen LogP contribution in [-0.2, 0) is 9.84 Å². The highest BCUT2D eigenvalue weighted by Crippen LogP contribution is 2.33. The molecular weight excluding hydrogens is 262 g/mol. The summed E-state index contributed by atoms with van der Waals surface area (Å²) >= 11 is 0. The van der Waals surface area contributed by atoms with Crippen molar-refractivity contribution in [1.82, 2.24) is 5.32 Å². The third-order valence-electron chi connectivity index (χ3n) is 3.80. The first kappa shape index (κ1) is 12.7. The van der Waals surface area contributed by atoms with Crippen molar-refractivity contribution < 1.29 is 12.8 Å². The van der Waals surface area contributed by atoms with Crippen LogP contribution >= 0.6 is 0 Å². The number of furan rings is 1. The van der Waals surface area contributed by atoms with E-state index in [1.807, 2.05) is 37.4 Å². The van der Waals surface area contributed by atoms with Crippen LogP contribution in [0.2, 0.25) is 0 Å². The Hall–Kier alpha value is -1.33. The minimum atomic E-state index is -2.87. The summed E-state index contributed by atoms with van der Waals surface area (Å²) in [5, 5.41) is 4.26. The quantitative estimate of drug-likeness (QED) is 0.935. The van der Waals surface area contributed by atoms with E-state index >= 15 is 0 Å². The SMILES string of the molecule is CNC(c1cc2ccccc2o1)C1CCS(=O)(=O)C1. The van der Waals surface area contributed by atoms with E-state index in [2.05, 4.69) is 5.32 Å². The molecule has 1 aliphatic heterocycles. The molecule has 0 radical (unpaired) electrons. The van der Waals surface area contributed by atoms with Gasteiger partial charge in [0.1, 0.15) is 11.3 Å². The summed E-state index contributed by atoms with van der Waals surface area (Å²) in [5.74, 6) is 1.45. The number of rotatable bonds is 3. The number of nitrogens with one attached hydrogen (secondary N) is 1. The highest BCUT2D eigenvalue weighted by molar-refractivity contribution is 7.91. The van der Waals surface area contributed by atoms with Crippen molar-refractivity contribution in [2.75, 3.05) is 18.6 Å². The molecule has 4 nitrogen and oxygen atoms in total. The van der Waals surface area contributed by atoms with Gasteiger partial charge in [0.05, 0.1) is 17.5 Å². The predicted octanol–water partition coefficient (Wildman–Crippen LogP) is 2.13. The van der Waals surface area contributed by atoms with Crippen molar-refractivity contribution in [1.29, 1.82) is 0 Å². The Bertz CT molecular complexity index is 657. The maximum atomic E-state index is 11.6. The Kier molecular flexibility index (Phi) is 3.11. The van der Waals surface area contributed by atoms with Crippen LogP contribution in [0, 0.1) is 5.92 Å². The van der Waals surface area contributed by atoms with Crippen LogP contribution in [0.4, 0.5) is 0 Å². The number of benzene rings is 1. The van der Waals surface area contributed by atoms with Crippen LogP contribution < -0.4 is 5.32 Å². The van der Waals surface area contributed by atoms with Gasteiger partial charge >= 0.3 is 0 Å². The van der Waals surface area contributed by atoms with Gasteiger partial charge in [0.2, 0.25) is 0 Å². The van der Waals surface area contributed by atoms with Gasteiger partial charge in [-0.3, -0.25) is 0 Å². The molecule has 0 amide bonds. The molecule has 2 aromatic rings. The molecule has 2 heterocycles. The first-order valence-corrected chi connectivity index (χ1v) is 8.27. The van der Waals surface area contributed by atoms with Gasteiger partial charge in [-0.1, -0.05) is 18.2 Å². The second-order valence-electron chi connectivity index (χ2n) is 5.12. The van der Waals surface area contributed by atoms with E-state index in [1.54, 1.807) is 0 Å². The predicted molar refractivity (Wildman–Crippen MR) is 74.8 cm³/mol. The van der Waals surface area contributed by atoms with E-state index in [0.717, 1.165) is 16.7 Å². The number of sulfone groups is 1. The number of fused-ring (bicyclic) bond motifs is 1. The van der Waals surface area contributed by atoms with Crippen molar-refractivity contribution >= 4 is 20.8 Å². The smallest absolute Gasteiger partial charge is 0.150 e.